The summed E-state index contributed by atoms with van der Waals surface area (Å²) in [4.78, 5) is 11.6. The molecule has 0 bridgehead atoms. The standard InChI is InChI=1S/C15H17N3O2/c1-2-10-3-5-11(6-4-10)9-13-17-18-15(20-13)16-14(19)12-7-8-12/h3-6,12H,2,7-9H2,1H3,(H,16,18,19). The van der Waals surface area contributed by atoms with Gasteiger partial charge < -0.3 is 4.42 Å². The first kappa shape index (κ1) is 12.8. The Morgan fingerprint density at radius 2 is 1.95 bits per heavy atom. The molecule has 0 aliphatic heterocycles. The highest BCUT2D eigenvalue weighted by atomic mass is 16.4. The summed E-state index contributed by atoms with van der Waals surface area (Å²) in [5.41, 5.74) is 2.42. The van der Waals surface area contributed by atoms with Crippen LogP contribution in [0.4, 0.5) is 6.01 Å². The van der Waals surface area contributed by atoms with Gasteiger partial charge in [0.1, 0.15) is 0 Å². The number of amides is 1. The summed E-state index contributed by atoms with van der Waals surface area (Å²) < 4.78 is 5.44. The summed E-state index contributed by atoms with van der Waals surface area (Å²) in [5, 5.41) is 10.5. The highest BCUT2D eigenvalue weighted by Crippen LogP contribution is 2.30. The van der Waals surface area contributed by atoms with Crippen LogP contribution >= 0.6 is 0 Å². The number of anilines is 1. The van der Waals surface area contributed by atoms with Gasteiger partial charge in [0.2, 0.25) is 11.8 Å². The average molecular weight is 271 g/mol. The van der Waals surface area contributed by atoms with Crippen LogP contribution in [0.2, 0.25) is 0 Å². The largest absolute Gasteiger partial charge is 0.407 e. The van der Waals surface area contributed by atoms with Gasteiger partial charge >= 0.3 is 6.01 Å². The van der Waals surface area contributed by atoms with Crippen molar-refractivity contribution in [1.82, 2.24) is 10.2 Å². The Morgan fingerprint density at radius 1 is 1.25 bits per heavy atom. The number of aromatic nitrogens is 2. The Hall–Kier alpha value is -2.17. The molecule has 1 aliphatic carbocycles. The number of carbonyl (C=O) groups is 1. The predicted molar refractivity (Wildman–Crippen MR) is 74.3 cm³/mol. The number of rotatable bonds is 5. The molecule has 0 radical (unpaired) electrons. The molecule has 5 nitrogen and oxygen atoms in total. The lowest BCUT2D eigenvalue weighted by Gasteiger charge is -1.99. The quantitative estimate of drug-likeness (QED) is 0.907. The summed E-state index contributed by atoms with van der Waals surface area (Å²) in [7, 11) is 0. The maximum absolute atomic E-state index is 11.6. The first-order valence-electron chi connectivity index (χ1n) is 6.95. The Bertz CT molecular complexity index is 600. The van der Waals surface area contributed by atoms with E-state index in [9.17, 15) is 4.79 Å². The second-order valence-electron chi connectivity index (χ2n) is 5.11. The fourth-order valence-corrected chi connectivity index (χ4v) is 2.00. The van der Waals surface area contributed by atoms with E-state index in [0.29, 0.717) is 12.3 Å². The van der Waals surface area contributed by atoms with Crippen molar-refractivity contribution in [2.75, 3.05) is 5.32 Å². The van der Waals surface area contributed by atoms with Crippen LogP contribution in [0.1, 0.15) is 36.8 Å². The summed E-state index contributed by atoms with van der Waals surface area (Å²) in [5.74, 6) is 0.625. The van der Waals surface area contributed by atoms with Crippen LogP contribution in [0.25, 0.3) is 0 Å². The summed E-state index contributed by atoms with van der Waals surface area (Å²) in [6.07, 6.45) is 3.52. The molecule has 1 aliphatic rings. The number of hydrogen-bond donors (Lipinski definition) is 1. The molecule has 0 spiro atoms. The first-order valence-corrected chi connectivity index (χ1v) is 6.95. The number of carbonyl (C=O) groups excluding carboxylic acids is 1. The number of aryl methyl sites for hydroxylation is 1. The third-order valence-corrected chi connectivity index (χ3v) is 3.43. The zero-order valence-electron chi connectivity index (χ0n) is 11.4. The van der Waals surface area contributed by atoms with E-state index in [0.717, 1.165) is 24.8 Å². The molecule has 1 fully saturated rings. The number of nitrogens with one attached hydrogen (secondary N) is 1. The third kappa shape index (κ3) is 3.04. The highest BCUT2D eigenvalue weighted by Gasteiger charge is 2.30. The van der Waals surface area contributed by atoms with E-state index < -0.39 is 0 Å². The molecule has 104 valence electrons. The van der Waals surface area contributed by atoms with E-state index in [4.69, 9.17) is 4.42 Å². The van der Waals surface area contributed by atoms with Crippen molar-refractivity contribution in [3.8, 4) is 0 Å². The SMILES string of the molecule is CCc1ccc(Cc2nnc(NC(=O)C3CC3)o2)cc1. The average Bonchev–Trinajstić information content (AvgIpc) is 3.23. The van der Waals surface area contributed by atoms with Crippen LogP contribution in [-0.4, -0.2) is 16.1 Å². The van der Waals surface area contributed by atoms with Gasteiger partial charge in [-0.3, -0.25) is 10.1 Å². The molecule has 1 N–H and O–H groups in total. The van der Waals surface area contributed by atoms with Crippen LogP contribution < -0.4 is 5.32 Å². The van der Waals surface area contributed by atoms with Crippen LogP contribution in [0.3, 0.4) is 0 Å². The minimum absolute atomic E-state index is 0.0208. The smallest absolute Gasteiger partial charge is 0.322 e. The molecule has 0 unspecified atom stereocenters. The maximum atomic E-state index is 11.6. The zero-order valence-corrected chi connectivity index (χ0v) is 11.4. The second-order valence-corrected chi connectivity index (χ2v) is 5.11. The van der Waals surface area contributed by atoms with E-state index in [1.54, 1.807) is 0 Å². The van der Waals surface area contributed by atoms with Crippen LogP contribution in [0, 0.1) is 5.92 Å². The molecule has 20 heavy (non-hydrogen) atoms. The predicted octanol–water partition coefficient (Wildman–Crippen LogP) is 2.57. The van der Waals surface area contributed by atoms with Gasteiger partial charge in [-0.2, -0.15) is 0 Å². The molecule has 1 aromatic carbocycles. The topological polar surface area (TPSA) is 68.0 Å². The minimum atomic E-state index is -0.0208. The molecule has 0 atom stereocenters. The van der Waals surface area contributed by atoms with Crippen molar-refractivity contribution >= 4 is 11.9 Å². The normalized spacial score (nSPS) is 14.2. The lowest BCUT2D eigenvalue weighted by molar-refractivity contribution is -0.117. The minimum Gasteiger partial charge on any atom is -0.407 e. The summed E-state index contributed by atoms with van der Waals surface area (Å²) in [6.45, 7) is 2.13. The van der Waals surface area contributed by atoms with Gasteiger partial charge in [-0.1, -0.05) is 36.3 Å². The third-order valence-electron chi connectivity index (χ3n) is 3.43. The van der Waals surface area contributed by atoms with Gasteiger partial charge in [0.25, 0.3) is 0 Å². The molecule has 3 rings (SSSR count). The summed E-state index contributed by atoms with van der Waals surface area (Å²) >= 11 is 0. The molecule has 1 amide bonds. The van der Waals surface area contributed by atoms with Crippen molar-refractivity contribution in [1.29, 1.82) is 0 Å². The van der Waals surface area contributed by atoms with Gasteiger partial charge in [-0.05, 0) is 30.4 Å². The van der Waals surface area contributed by atoms with E-state index in [2.05, 4.69) is 46.7 Å². The van der Waals surface area contributed by atoms with Gasteiger partial charge in [-0.15, -0.1) is 5.10 Å². The van der Waals surface area contributed by atoms with E-state index in [1.807, 2.05) is 0 Å². The highest BCUT2D eigenvalue weighted by molar-refractivity contribution is 5.92. The van der Waals surface area contributed by atoms with Crippen LogP contribution in [0.5, 0.6) is 0 Å². The Labute approximate surface area is 117 Å². The lowest BCUT2D eigenvalue weighted by atomic mass is 10.1. The fraction of sp³-hybridized carbons (Fsp3) is 0.400. The van der Waals surface area contributed by atoms with E-state index in [1.165, 1.54) is 5.56 Å². The number of benzene rings is 1. The van der Waals surface area contributed by atoms with Crippen LogP contribution in [-0.2, 0) is 17.6 Å². The second kappa shape index (κ2) is 5.45. The van der Waals surface area contributed by atoms with Crippen molar-refractivity contribution in [2.24, 2.45) is 5.92 Å². The van der Waals surface area contributed by atoms with E-state index in [-0.39, 0.29) is 17.8 Å². The molecular weight excluding hydrogens is 254 g/mol. The van der Waals surface area contributed by atoms with E-state index >= 15 is 0 Å². The number of nitrogens with zero attached hydrogens (tertiary/aromatic N) is 2. The molecule has 5 heteroatoms. The first-order chi connectivity index (χ1) is 9.74. The number of hydrogen-bond acceptors (Lipinski definition) is 4. The zero-order chi connectivity index (χ0) is 13.9. The Kier molecular flexibility index (Phi) is 3.50. The molecule has 1 heterocycles. The molecule has 1 saturated carbocycles. The lowest BCUT2D eigenvalue weighted by Crippen LogP contribution is -2.13. The molecule has 0 saturated heterocycles. The van der Waals surface area contributed by atoms with Crippen molar-refractivity contribution in [2.45, 2.75) is 32.6 Å². The monoisotopic (exact) mass is 271 g/mol. The molecule has 1 aromatic heterocycles. The van der Waals surface area contributed by atoms with Gasteiger partial charge in [0.05, 0.1) is 6.42 Å². The van der Waals surface area contributed by atoms with Gasteiger partial charge in [0.15, 0.2) is 0 Å². The Morgan fingerprint density at radius 3 is 2.60 bits per heavy atom. The van der Waals surface area contributed by atoms with Gasteiger partial charge in [0, 0.05) is 5.92 Å². The maximum Gasteiger partial charge on any atom is 0.322 e. The summed E-state index contributed by atoms with van der Waals surface area (Å²) in [6, 6.07) is 8.52. The van der Waals surface area contributed by atoms with Gasteiger partial charge in [-0.25, -0.2) is 0 Å². The van der Waals surface area contributed by atoms with Crippen LogP contribution in [0.15, 0.2) is 28.7 Å². The van der Waals surface area contributed by atoms with Crippen molar-refractivity contribution < 1.29 is 9.21 Å². The Balaban J connectivity index is 1.62. The van der Waals surface area contributed by atoms with Crippen molar-refractivity contribution in [3.05, 3.63) is 41.3 Å². The molecular formula is C15H17N3O2. The molecule has 2 aromatic rings. The fourth-order valence-electron chi connectivity index (χ4n) is 2.00. The van der Waals surface area contributed by atoms with Crippen molar-refractivity contribution in [3.63, 3.8) is 0 Å².